The molecule has 7 aromatic carbocycles. The Morgan fingerprint density at radius 3 is 2.23 bits per heavy atom. The van der Waals surface area contributed by atoms with Crippen molar-refractivity contribution in [1.82, 2.24) is 14.5 Å². The topological polar surface area (TPSA) is 30.7 Å². The summed E-state index contributed by atoms with van der Waals surface area (Å²) in [5.41, 5.74) is 2.69. The van der Waals surface area contributed by atoms with Crippen LogP contribution in [0, 0.1) is 0 Å². The largest absolute Gasteiger partial charge is 0.278 e. The highest BCUT2D eigenvalue weighted by Crippen LogP contribution is 2.42. The van der Waals surface area contributed by atoms with E-state index in [4.69, 9.17) is 16.8 Å². The lowest BCUT2D eigenvalue weighted by Crippen LogP contribution is -2.02. The number of rotatable bonds is 2. The van der Waals surface area contributed by atoms with Crippen molar-refractivity contribution in [3.63, 3.8) is 0 Å². The van der Waals surface area contributed by atoms with Crippen molar-refractivity contribution in [2.24, 2.45) is 0 Å². The lowest BCUT2D eigenvalue weighted by molar-refractivity contribution is 1.02. The molecule has 0 unspecified atom stereocenters. The van der Waals surface area contributed by atoms with Gasteiger partial charge in [-0.1, -0.05) is 109 Å². The van der Waals surface area contributed by atoms with Gasteiger partial charge in [0, 0.05) is 26.4 Å². The molecule has 0 amide bonds. The molecule has 0 bridgehead atoms. The predicted molar refractivity (Wildman–Crippen MR) is 187 cm³/mol. The summed E-state index contributed by atoms with van der Waals surface area (Å²) in [5, 5.41) is 7.02. The lowest BCUT2D eigenvalue weighted by Gasteiger charge is -2.11. The first kappa shape index (κ1) is 18.2. The Morgan fingerprint density at radius 1 is 0.591 bits per heavy atom. The van der Waals surface area contributed by atoms with Crippen LogP contribution in [0.3, 0.4) is 0 Å². The molecule has 10 rings (SSSR count). The van der Waals surface area contributed by atoms with Gasteiger partial charge in [-0.2, -0.15) is 0 Å². The first-order valence-electron chi connectivity index (χ1n) is 17.8. The molecule has 0 aliphatic carbocycles. The summed E-state index contributed by atoms with van der Waals surface area (Å²) in [6, 6.07) is 29.9. The van der Waals surface area contributed by atoms with Crippen LogP contribution in [0.1, 0.15) is 9.60 Å². The van der Waals surface area contributed by atoms with E-state index in [1.807, 2.05) is 53.1 Å². The summed E-state index contributed by atoms with van der Waals surface area (Å²) in [6.45, 7) is 0. The molecule has 44 heavy (non-hydrogen) atoms. The maximum absolute atomic E-state index is 9.40. The molecule has 0 fully saturated rings. The molecule has 10 aromatic rings. The molecule has 4 heteroatoms. The minimum absolute atomic E-state index is 0.0226. The molecular weight excluding hydrogens is 555 g/mol. The van der Waals surface area contributed by atoms with Crippen molar-refractivity contribution in [2.45, 2.75) is 0 Å². The Balaban J connectivity index is 1.41. The van der Waals surface area contributed by atoms with Gasteiger partial charge in [0.05, 0.1) is 36.5 Å². The van der Waals surface area contributed by atoms with Gasteiger partial charge in [0.15, 0.2) is 0 Å². The Labute approximate surface area is 266 Å². The van der Waals surface area contributed by atoms with E-state index in [2.05, 4.69) is 48.5 Å². The van der Waals surface area contributed by atoms with E-state index in [1.165, 1.54) is 11.3 Å². The monoisotopic (exact) mass is 584 g/mol. The first-order chi connectivity index (χ1) is 24.7. The minimum atomic E-state index is -0.504. The third-order valence-electron chi connectivity index (χ3n) is 8.42. The number of thiophene rings is 1. The number of hydrogen-bond donors (Lipinski definition) is 0. The molecule has 0 saturated carbocycles. The Kier molecular flexibility index (Phi) is 3.70. The first-order valence-corrected chi connectivity index (χ1v) is 15.1. The van der Waals surface area contributed by atoms with Crippen molar-refractivity contribution in [3.05, 3.63) is 139 Å². The van der Waals surface area contributed by atoms with Crippen LogP contribution >= 0.6 is 11.3 Å². The van der Waals surface area contributed by atoms with E-state index in [0.29, 0.717) is 16.2 Å². The zero-order valence-electron chi connectivity index (χ0n) is 30.0. The third-order valence-corrected chi connectivity index (χ3v) is 9.58. The Bertz CT molecular complexity index is 3190. The molecular formula is C40H23N3S. The van der Waals surface area contributed by atoms with E-state index in [1.54, 1.807) is 0 Å². The standard InChI is InChI=1S/C40H23N3S/c1-2-11-26-21-29(18-17-24(26)9-1)37-39-38(31-15-7-8-16-35(31)44-39)42-40(41-37)43-33-20-19-25-10-5-6-14-30(25)36(33)32-22-27-12-3-4-13-28(27)23-34(32)43/h1-23H/i1D,2D,9D,11D,17D,18D,21D. The van der Waals surface area contributed by atoms with E-state index < -0.39 is 24.2 Å². The van der Waals surface area contributed by atoms with Gasteiger partial charge in [-0.05, 0) is 62.6 Å². The van der Waals surface area contributed by atoms with Crippen LogP contribution in [0.15, 0.2) is 139 Å². The normalized spacial score (nSPS) is 14.3. The van der Waals surface area contributed by atoms with Crippen LogP contribution in [0.2, 0.25) is 0 Å². The number of fused-ring (bicyclic) bond motifs is 10. The molecule has 204 valence electrons. The van der Waals surface area contributed by atoms with Crippen LogP contribution in [0.5, 0.6) is 0 Å². The highest BCUT2D eigenvalue weighted by atomic mass is 32.1. The zero-order chi connectivity index (χ0) is 34.9. The van der Waals surface area contributed by atoms with Gasteiger partial charge in [0.2, 0.25) is 5.95 Å². The zero-order valence-corrected chi connectivity index (χ0v) is 23.8. The molecule has 3 heterocycles. The van der Waals surface area contributed by atoms with Gasteiger partial charge < -0.3 is 0 Å². The molecule has 3 nitrogen and oxygen atoms in total. The summed E-state index contributed by atoms with van der Waals surface area (Å²) >= 11 is 1.43. The van der Waals surface area contributed by atoms with E-state index in [-0.39, 0.29) is 40.2 Å². The highest BCUT2D eigenvalue weighted by Gasteiger charge is 2.21. The van der Waals surface area contributed by atoms with Gasteiger partial charge in [-0.15, -0.1) is 11.3 Å². The summed E-state index contributed by atoms with van der Waals surface area (Å²) in [5.74, 6) is 0.326. The van der Waals surface area contributed by atoms with E-state index in [9.17, 15) is 2.74 Å². The molecule has 0 radical (unpaired) electrons. The third kappa shape index (κ3) is 3.37. The van der Waals surface area contributed by atoms with Crippen LogP contribution in [0.4, 0.5) is 0 Å². The average molecular weight is 585 g/mol. The number of nitrogens with zero attached hydrogens (tertiary/aromatic N) is 3. The van der Waals surface area contributed by atoms with E-state index >= 15 is 0 Å². The van der Waals surface area contributed by atoms with Crippen LogP contribution in [0.25, 0.3) is 91.6 Å². The van der Waals surface area contributed by atoms with Gasteiger partial charge in [0.25, 0.3) is 0 Å². The molecule has 3 aromatic heterocycles. The predicted octanol–water partition coefficient (Wildman–Crippen LogP) is 11.1. The molecule has 0 aliphatic rings. The SMILES string of the molecule is [2H]c1c([2H])c([2H])c2c([2H])c(-c3nc(-n4c5cc6ccccc6cc5c5c6ccccc6ccc54)nc4c3sc3ccccc34)c([2H])c([2H])c2c1[2H]. The second-order valence-corrected chi connectivity index (χ2v) is 11.9. The Hall–Kier alpha value is -5.58. The van der Waals surface area contributed by atoms with Gasteiger partial charge >= 0.3 is 0 Å². The fourth-order valence-corrected chi connectivity index (χ4v) is 7.57. The highest BCUT2D eigenvalue weighted by molar-refractivity contribution is 7.26. The summed E-state index contributed by atoms with van der Waals surface area (Å²) in [6.07, 6.45) is 0. The van der Waals surface area contributed by atoms with Crippen molar-refractivity contribution in [1.29, 1.82) is 0 Å². The van der Waals surface area contributed by atoms with Gasteiger partial charge in [-0.25, -0.2) is 9.97 Å². The maximum Gasteiger partial charge on any atom is 0.235 e. The smallest absolute Gasteiger partial charge is 0.235 e. The molecule has 0 aliphatic heterocycles. The summed E-state index contributed by atoms with van der Waals surface area (Å²) in [7, 11) is 0. The Morgan fingerprint density at radius 2 is 1.34 bits per heavy atom. The summed E-state index contributed by atoms with van der Waals surface area (Å²) in [4.78, 5) is 10.4. The number of hydrogen-bond acceptors (Lipinski definition) is 3. The molecule has 0 N–H and O–H groups in total. The van der Waals surface area contributed by atoms with Crippen molar-refractivity contribution < 1.29 is 9.60 Å². The molecule has 0 spiro atoms. The average Bonchev–Trinajstić information content (AvgIpc) is 3.69. The quantitative estimate of drug-likeness (QED) is 0.202. The maximum atomic E-state index is 9.40. The molecule has 0 saturated heterocycles. The summed E-state index contributed by atoms with van der Waals surface area (Å²) < 4.78 is 65.0. The number of benzene rings is 7. The second kappa shape index (κ2) is 8.96. The fourth-order valence-electron chi connectivity index (χ4n) is 6.44. The second-order valence-electron chi connectivity index (χ2n) is 10.9. The van der Waals surface area contributed by atoms with Gasteiger partial charge in [-0.3, -0.25) is 4.57 Å². The minimum Gasteiger partial charge on any atom is -0.278 e. The number of aromatic nitrogens is 3. The van der Waals surface area contributed by atoms with Crippen LogP contribution in [-0.2, 0) is 0 Å². The van der Waals surface area contributed by atoms with Crippen LogP contribution in [-0.4, -0.2) is 14.5 Å². The molecule has 0 atom stereocenters. The fraction of sp³-hybridized carbons (Fsp3) is 0. The van der Waals surface area contributed by atoms with Crippen molar-refractivity contribution in [2.75, 3.05) is 0 Å². The van der Waals surface area contributed by atoms with Crippen molar-refractivity contribution >= 4 is 85.8 Å². The van der Waals surface area contributed by atoms with Crippen LogP contribution < -0.4 is 0 Å². The van der Waals surface area contributed by atoms with Gasteiger partial charge in [0.1, 0.15) is 0 Å². The van der Waals surface area contributed by atoms with E-state index in [0.717, 1.165) is 53.4 Å². The lowest BCUT2D eigenvalue weighted by atomic mass is 10.0. The van der Waals surface area contributed by atoms with Crippen molar-refractivity contribution in [3.8, 4) is 17.2 Å².